The van der Waals surface area contributed by atoms with E-state index >= 15 is 0 Å². The molecule has 0 saturated heterocycles. The van der Waals surface area contributed by atoms with Crippen molar-refractivity contribution in [3.8, 4) is 0 Å². The number of nitrogens with one attached hydrogen (secondary N) is 1. The maximum Gasteiger partial charge on any atom is 0.213 e. The zero-order chi connectivity index (χ0) is 8.27. The Morgan fingerprint density at radius 1 is 1.64 bits per heavy atom. The van der Waals surface area contributed by atoms with Crippen molar-refractivity contribution in [2.45, 2.75) is 6.92 Å². The van der Waals surface area contributed by atoms with Crippen LogP contribution in [-0.4, -0.2) is 37.6 Å². The number of hydrazine groups is 1. The molecule has 0 aromatic carbocycles. The van der Waals surface area contributed by atoms with Gasteiger partial charge < -0.3 is 4.74 Å². The second-order valence-corrected chi connectivity index (χ2v) is 2.14. The Kier molecular flexibility index (Phi) is 2.43. The molecule has 0 spiro atoms. The lowest BCUT2D eigenvalue weighted by atomic mass is 10.5. The molecule has 0 aromatic heterocycles. The molecule has 1 aliphatic heterocycles. The monoisotopic (exact) mass is 156 g/mol. The van der Waals surface area contributed by atoms with E-state index in [-0.39, 0.29) is 0 Å². The summed E-state index contributed by atoms with van der Waals surface area (Å²) in [6.45, 7) is 2.40. The van der Waals surface area contributed by atoms with Crippen molar-refractivity contribution in [2.75, 3.05) is 20.7 Å². The van der Waals surface area contributed by atoms with Crippen LogP contribution in [0.5, 0.6) is 0 Å². The van der Waals surface area contributed by atoms with Gasteiger partial charge in [0.1, 0.15) is 6.54 Å². The summed E-state index contributed by atoms with van der Waals surface area (Å²) in [5.41, 5.74) is 2.88. The molecule has 1 N–H and O–H groups in total. The standard InChI is InChI=1S/C6H12N4O/c1-5-8-6(11-3)4-10(7-2)9-5/h7H,4H2,1-3H3. The fourth-order valence-electron chi connectivity index (χ4n) is 0.816. The lowest BCUT2D eigenvalue weighted by Crippen LogP contribution is -2.38. The highest BCUT2D eigenvalue weighted by Gasteiger charge is 2.10. The Balaban J connectivity index is 2.67. The minimum absolute atomic E-state index is 0.574. The molecule has 1 heterocycles. The molecular formula is C6H12N4O. The topological polar surface area (TPSA) is 49.2 Å². The second-order valence-electron chi connectivity index (χ2n) is 2.14. The van der Waals surface area contributed by atoms with Gasteiger partial charge in [-0.3, -0.25) is 0 Å². The van der Waals surface area contributed by atoms with Crippen molar-refractivity contribution in [3.05, 3.63) is 0 Å². The van der Waals surface area contributed by atoms with Crippen LogP contribution in [0.1, 0.15) is 6.92 Å². The molecule has 0 saturated carbocycles. The number of rotatable bonds is 1. The molecule has 0 amide bonds. The third-order valence-electron chi connectivity index (χ3n) is 1.33. The maximum absolute atomic E-state index is 4.98. The van der Waals surface area contributed by atoms with Gasteiger partial charge >= 0.3 is 0 Å². The fourth-order valence-corrected chi connectivity index (χ4v) is 0.816. The molecule has 0 aromatic rings. The van der Waals surface area contributed by atoms with Crippen LogP contribution in [0, 0.1) is 0 Å². The van der Waals surface area contributed by atoms with Crippen LogP contribution in [0.2, 0.25) is 0 Å². The van der Waals surface area contributed by atoms with Crippen LogP contribution in [-0.2, 0) is 4.74 Å². The lowest BCUT2D eigenvalue weighted by Gasteiger charge is -2.21. The Morgan fingerprint density at radius 2 is 2.36 bits per heavy atom. The third kappa shape index (κ3) is 1.91. The van der Waals surface area contributed by atoms with E-state index in [0.717, 1.165) is 0 Å². The molecular weight excluding hydrogens is 144 g/mol. The summed E-state index contributed by atoms with van der Waals surface area (Å²) < 4.78 is 4.98. The summed E-state index contributed by atoms with van der Waals surface area (Å²) in [4.78, 5) is 4.06. The van der Waals surface area contributed by atoms with Crippen LogP contribution in [0.15, 0.2) is 10.1 Å². The average molecular weight is 156 g/mol. The lowest BCUT2D eigenvalue weighted by molar-refractivity contribution is 0.227. The molecule has 1 rings (SSSR count). The minimum Gasteiger partial charge on any atom is -0.483 e. The second kappa shape index (κ2) is 3.34. The molecule has 0 fully saturated rings. The molecule has 0 aliphatic carbocycles. The van der Waals surface area contributed by atoms with Crippen LogP contribution < -0.4 is 5.43 Å². The molecule has 5 heteroatoms. The first kappa shape index (κ1) is 8.00. The average Bonchev–Trinajstić information content (AvgIpc) is 2.03. The van der Waals surface area contributed by atoms with Gasteiger partial charge in [-0.15, -0.1) is 5.10 Å². The zero-order valence-electron chi connectivity index (χ0n) is 6.96. The van der Waals surface area contributed by atoms with Crippen molar-refractivity contribution in [2.24, 2.45) is 10.1 Å². The maximum atomic E-state index is 4.98. The van der Waals surface area contributed by atoms with Gasteiger partial charge in [0.15, 0.2) is 5.84 Å². The smallest absolute Gasteiger partial charge is 0.213 e. The number of ether oxygens (including phenoxy) is 1. The highest BCUT2D eigenvalue weighted by Crippen LogP contribution is 1.97. The summed E-state index contributed by atoms with van der Waals surface area (Å²) in [5, 5.41) is 5.74. The number of methoxy groups -OCH3 is 1. The first-order valence-electron chi connectivity index (χ1n) is 3.38. The molecule has 0 radical (unpaired) electrons. The summed E-state index contributed by atoms with van der Waals surface area (Å²) in [6, 6.07) is 0. The van der Waals surface area contributed by atoms with Crippen LogP contribution in [0.25, 0.3) is 0 Å². The predicted octanol–water partition coefficient (Wildman–Crippen LogP) is -0.185. The normalized spacial score (nSPS) is 17.5. The van der Waals surface area contributed by atoms with Crippen LogP contribution in [0.4, 0.5) is 0 Å². The SMILES string of the molecule is CNN1CC(OC)=NC(C)=N1. The Bertz CT molecular complexity index is 199. The van der Waals surface area contributed by atoms with Gasteiger partial charge in [0.2, 0.25) is 5.90 Å². The Morgan fingerprint density at radius 3 is 2.91 bits per heavy atom. The van der Waals surface area contributed by atoms with E-state index in [2.05, 4.69) is 15.5 Å². The third-order valence-corrected chi connectivity index (χ3v) is 1.33. The van der Waals surface area contributed by atoms with Gasteiger partial charge in [-0.1, -0.05) is 0 Å². The first-order valence-corrected chi connectivity index (χ1v) is 3.38. The highest BCUT2D eigenvalue weighted by atomic mass is 16.5. The molecule has 11 heavy (non-hydrogen) atoms. The van der Waals surface area contributed by atoms with Gasteiger partial charge in [0, 0.05) is 7.05 Å². The summed E-state index contributed by atoms with van der Waals surface area (Å²) in [6.07, 6.45) is 0. The van der Waals surface area contributed by atoms with E-state index in [1.54, 1.807) is 19.3 Å². The van der Waals surface area contributed by atoms with E-state index in [9.17, 15) is 0 Å². The number of aliphatic imine (C=N–C) groups is 1. The number of hydrazone groups is 1. The van der Waals surface area contributed by atoms with E-state index in [1.807, 2.05) is 6.92 Å². The molecule has 0 unspecified atom stereocenters. The van der Waals surface area contributed by atoms with Gasteiger partial charge in [-0.2, -0.15) is 4.99 Å². The Labute approximate surface area is 65.7 Å². The zero-order valence-corrected chi connectivity index (χ0v) is 6.96. The summed E-state index contributed by atoms with van der Waals surface area (Å²) in [7, 11) is 3.40. The molecule has 5 nitrogen and oxygen atoms in total. The van der Waals surface area contributed by atoms with Crippen molar-refractivity contribution in [1.82, 2.24) is 10.5 Å². The minimum atomic E-state index is 0.574. The van der Waals surface area contributed by atoms with Crippen molar-refractivity contribution >= 4 is 11.7 Å². The molecule has 0 atom stereocenters. The van der Waals surface area contributed by atoms with E-state index in [0.29, 0.717) is 18.3 Å². The summed E-state index contributed by atoms with van der Waals surface area (Å²) in [5.74, 6) is 1.37. The number of nitrogens with zero attached hydrogens (tertiary/aromatic N) is 3. The summed E-state index contributed by atoms with van der Waals surface area (Å²) >= 11 is 0. The number of hydrogen-bond acceptors (Lipinski definition) is 5. The van der Waals surface area contributed by atoms with Crippen molar-refractivity contribution < 1.29 is 4.74 Å². The van der Waals surface area contributed by atoms with Gasteiger partial charge in [0.05, 0.1) is 7.11 Å². The van der Waals surface area contributed by atoms with Gasteiger partial charge in [-0.25, -0.2) is 10.5 Å². The van der Waals surface area contributed by atoms with Gasteiger partial charge in [0.25, 0.3) is 0 Å². The molecule has 1 aliphatic rings. The van der Waals surface area contributed by atoms with E-state index in [1.165, 1.54) is 0 Å². The fraction of sp³-hybridized carbons (Fsp3) is 0.667. The largest absolute Gasteiger partial charge is 0.483 e. The quantitative estimate of drug-likeness (QED) is 0.572. The predicted molar refractivity (Wildman–Crippen MR) is 43.3 cm³/mol. The molecule has 0 bridgehead atoms. The van der Waals surface area contributed by atoms with Crippen molar-refractivity contribution in [3.63, 3.8) is 0 Å². The Hall–Kier alpha value is -1.10. The van der Waals surface area contributed by atoms with Crippen LogP contribution in [0.3, 0.4) is 0 Å². The van der Waals surface area contributed by atoms with E-state index in [4.69, 9.17) is 4.74 Å². The number of amidine groups is 1. The number of hydrogen-bond donors (Lipinski definition) is 1. The van der Waals surface area contributed by atoms with E-state index < -0.39 is 0 Å². The van der Waals surface area contributed by atoms with Crippen LogP contribution >= 0.6 is 0 Å². The van der Waals surface area contributed by atoms with Gasteiger partial charge in [-0.05, 0) is 6.92 Å². The molecule has 62 valence electrons. The first-order chi connectivity index (χ1) is 5.26. The highest BCUT2D eigenvalue weighted by molar-refractivity contribution is 5.95. The van der Waals surface area contributed by atoms with Crippen molar-refractivity contribution in [1.29, 1.82) is 0 Å².